The van der Waals surface area contributed by atoms with Gasteiger partial charge < -0.3 is 0 Å². The second kappa shape index (κ2) is 5.55. The zero-order chi connectivity index (χ0) is 12.3. The molecule has 4 nitrogen and oxygen atoms in total. The van der Waals surface area contributed by atoms with Gasteiger partial charge in [0.25, 0.3) is 5.91 Å². The Bertz CT molecular complexity index is 419. The van der Waals surface area contributed by atoms with Gasteiger partial charge in [0.15, 0.2) is 0 Å². The lowest BCUT2D eigenvalue weighted by Crippen LogP contribution is -2.41. The molecular formula is C11H14N2O2S2. The fourth-order valence-corrected chi connectivity index (χ4v) is 3.06. The van der Waals surface area contributed by atoms with Crippen LogP contribution in [0.4, 0.5) is 0 Å². The van der Waals surface area contributed by atoms with Gasteiger partial charge >= 0.3 is 0 Å². The summed E-state index contributed by atoms with van der Waals surface area (Å²) in [6.07, 6.45) is 4.52. The number of thiol groups is 1. The second-order valence-corrected chi connectivity index (χ2v) is 5.38. The van der Waals surface area contributed by atoms with Crippen LogP contribution in [-0.2, 0) is 17.6 Å². The fraction of sp³-hybridized carbons (Fsp3) is 0.455. The normalized spacial score (nSPS) is 13.9. The number of rotatable bonds is 2. The molecule has 0 aromatic carbocycles. The number of hydrazine groups is 1. The van der Waals surface area contributed by atoms with Crippen molar-refractivity contribution in [3.63, 3.8) is 0 Å². The molecule has 2 amide bonds. The van der Waals surface area contributed by atoms with E-state index in [2.05, 4.69) is 23.5 Å². The Morgan fingerprint density at radius 3 is 2.76 bits per heavy atom. The van der Waals surface area contributed by atoms with E-state index in [1.165, 1.54) is 34.6 Å². The molecule has 0 spiro atoms. The average Bonchev–Trinajstić information content (AvgIpc) is 2.79. The van der Waals surface area contributed by atoms with E-state index in [1.54, 1.807) is 0 Å². The first-order chi connectivity index (χ1) is 8.20. The van der Waals surface area contributed by atoms with Crippen LogP contribution in [-0.4, -0.2) is 17.6 Å². The molecule has 2 N–H and O–H groups in total. The van der Waals surface area contributed by atoms with E-state index in [9.17, 15) is 9.59 Å². The molecule has 0 saturated heterocycles. The summed E-state index contributed by atoms with van der Waals surface area (Å²) in [5.41, 5.74) is 5.97. The number of carbonyl (C=O) groups is 2. The molecule has 0 unspecified atom stereocenters. The van der Waals surface area contributed by atoms with Crippen LogP contribution in [0.1, 0.15) is 33.0 Å². The zero-order valence-corrected chi connectivity index (χ0v) is 11.0. The van der Waals surface area contributed by atoms with Crippen LogP contribution in [0.3, 0.4) is 0 Å². The molecule has 1 aliphatic carbocycles. The molecule has 0 fully saturated rings. The first-order valence-electron chi connectivity index (χ1n) is 5.52. The van der Waals surface area contributed by atoms with Crippen molar-refractivity contribution in [2.75, 3.05) is 5.75 Å². The summed E-state index contributed by atoms with van der Waals surface area (Å²) in [4.78, 5) is 24.7. The van der Waals surface area contributed by atoms with Crippen molar-refractivity contribution in [2.24, 2.45) is 0 Å². The summed E-state index contributed by atoms with van der Waals surface area (Å²) in [5, 5.41) is 0. The van der Waals surface area contributed by atoms with Crippen LogP contribution in [0.2, 0.25) is 0 Å². The Morgan fingerprint density at radius 2 is 2.06 bits per heavy atom. The fourth-order valence-electron chi connectivity index (χ4n) is 1.83. The number of nitrogens with one attached hydrogen (secondary N) is 2. The Hall–Kier alpha value is -1.01. The Labute approximate surface area is 109 Å². The lowest BCUT2D eigenvalue weighted by atomic mass is 9.99. The summed E-state index contributed by atoms with van der Waals surface area (Å²) in [5.74, 6) is -0.510. The van der Waals surface area contributed by atoms with E-state index >= 15 is 0 Å². The van der Waals surface area contributed by atoms with Gasteiger partial charge in [0.05, 0.1) is 10.6 Å². The molecule has 0 aliphatic heterocycles. The maximum absolute atomic E-state index is 11.7. The van der Waals surface area contributed by atoms with E-state index in [4.69, 9.17) is 0 Å². The standard InChI is InChI=1S/C11H14N2O2S2/c14-10(6-16)12-13-11(15)9-5-7-3-1-2-4-8(7)17-9/h5,16H,1-4,6H2,(H,12,14)(H,13,15). The summed E-state index contributed by atoms with van der Waals surface area (Å²) in [7, 11) is 0. The van der Waals surface area contributed by atoms with Gasteiger partial charge in [-0.15, -0.1) is 11.3 Å². The molecule has 0 saturated carbocycles. The average molecular weight is 270 g/mol. The van der Waals surface area contributed by atoms with Crippen molar-refractivity contribution >= 4 is 35.8 Å². The van der Waals surface area contributed by atoms with Crippen molar-refractivity contribution in [3.05, 3.63) is 21.4 Å². The minimum atomic E-state index is -0.317. The van der Waals surface area contributed by atoms with Gasteiger partial charge in [-0.05, 0) is 37.3 Å². The monoisotopic (exact) mass is 270 g/mol. The first kappa shape index (κ1) is 12.4. The van der Waals surface area contributed by atoms with Crippen molar-refractivity contribution in [1.29, 1.82) is 0 Å². The molecule has 0 atom stereocenters. The predicted molar refractivity (Wildman–Crippen MR) is 70.4 cm³/mol. The van der Waals surface area contributed by atoms with E-state index in [1.807, 2.05) is 6.07 Å². The van der Waals surface area contributed by atoms with Gasteiger partial charge in [0.1, 0.15) is 0 Å². The van der Waals surface area contributed by atoms with Gasteiger partial charge in [-0.25, -0.2) is 0 Å². The van der Waals surface area contributed by atoms with Gasteiger partial charge in [0, 0.05) is 4.88 Å². The van der Waals surface area contributed by atoms with Gasteiger partial charge in [-0.1, -0.05) is 0 Å². The van der Waals surface area contributed by atoms with Crippen LogP contribution in [0.5, 0.6) is 0 Å². The molecule has 1 aromatic rings. The SMILES string of the molecule is O=C(CS)NNC(=O)c1cc2c(s1)CCCC2. The highest BCUT2D eigenvalue weighted by atomic mass is 32.1. The van der Waals surface area contributed by atoms with E-state index < -0.39 is 0 Å². The molecule has 0 bridgehead atoms. The van der Waals surface area contributed by atoms with Crippen molar-refractivity contribution in [1.82, 2.24) is 10.9 Å². The number of amides is 2. The molecule has 0 radical (unpaired) electrons. The number of hydrogen-bond donors (Lipinski definition) is 3. The van der Waals surface area contributed by atoms with Crippen molar-refractivity contribution < 1.29 is 9.59 Å². The zero-order valence-electron chi connectivity index (χ0n) is 9.28. The van der Waals surface area contributed by atoms with Gasteiger partial charge in [-0.3, -0.25) is 20.4 Å². The quantitative estimate of drug-likeness (QED) is 0.561. The number of carbonyl (C=O) groups excluding carboxylic acids is 2. The minimum absolute atomic E-state index is 0.0568. The van der Waals surface area contributed by atoms with Crippen LogP contribution in [0.25, 0.3) is 0 Å². The third kappa shape index (κ3) is 3.01. The van der Waals surface area contributed by atoms with Crippen LogP contribution in [0, 0.1) is 0 Å². The third-order valence-corrected chi connectivity index (χ3v) is 4.20. The number of fused-ring (bicyclic) bond motifs is 1. The number of aryl methyl sites for hydroxylation is 2. The molecule has 17 heavy (non-hydrogen) atoms. The number of hydrogen-bond acceptors (Lipinski definition) is 4. The van der Waals surface area contributed by atoms with E-state index in [0.29, 0.717) is 4.88 Å². The predicted octanol–water partition coefficient (Wildman–Crippen LogP) is 1.32. The first-order valence-corrected chi connectivity index (χ1v) is 6.97. The summed E-state index contributed by atoms with van der Waals surface area (Å²) in [6, 6.07) is 1.93. The molecule has 1 aliphatic rings. The molecule has 6 heteroatoms. The van der Waals surface area contributed by atoms with Gasteiger partial charge in [0.2, 0.25) is 5.91 Å². The maximum Gasteiger partial charge on any atom is 0.279 e. The van der Waals surface area contributed by atoms with Crippen LogP contribution < -0.4 is 10.9 Å². The maximum atomic E-state index is 11.7. The summed E-state index contributed by atoms with van der Waals surface area (Å²) < 4.78 is 0. The van der Waals surface area contributed by atoms with Crippen LogP contribution >= 0.6 is 24.0 Å². The van der Waals surface area contributed by atoms with Crippen molar-refractivity contribution in [3.8, 4) is 0 Å². The van der Waals surface area contributed by atoms with E-state index in [-0.39, 0.29) is 17.6 Å². The summed E-state index contributed by atoms with van der Waals surface area (Å²) in [6.45, 7) is 0. The Kier molecular flexibility index (Phi) is 4.06. The largest absolute Gasteiger partial charge is 0.279 e. The van der Waals surface area contributed by atoms with Crippen LogP contribution in [0.15, 0.2) is 6.07 Å². The highest BCUT2D eigenvalue weighted by Crippen LogP contribution is 2.29. The minimum Gasteiger partial charge on any atom is -0.272 e. The summed E-state index contributed by atoms with van der Waals surface area (Å²) >= 11 is 5.32. The topological polar surface area (TPSA) is 58.2 Å². The molecule has 2 rings (SSSR count). The molecule has 92 valence electrons. The highest BCUT2D eigenvalue weighted by Gasteiger charge is 2.17. The number of thiophene rings is 1. The molecule has 1 aromatic heterocycles. The van der Waals surface area contributed by atoms with E-state index in [0.717, 1.165) is 12.8 Å². The van der Waals surface area contributed by atoms with Crippen molar-refractivity contribution in [2.45, 2.75) is 25.7 Å². The Balaban J connectivity index is 1.99. The lowest BCUT2D eigenvalue weighted by molar-refractivity contribution is -0.119. The molecular weight excluding hydrogens is 256 g/mol. The Morgan fingerprint density at radius 1 is 1.29 bits per heavy atom. The lowest BCUT2D eigenvalue weighted by Gasteiger charge is -2.08. The highest BCUT2D eigenvalue weighted by molar-refractivity contribution is 7.81. The smallest absolute Gasteiger partial charge is 0.272 e. The second-order valence-electron chi connectivity index (χ2n) is 3.93. The molecule has 1 heterocycles. The third-order valence-electron chi connectivity index (χ3n) is 2.68. The van der Waals surface area contributed by atoms with Gasteiger partial charge in [-0.2, -0.15) is 12.6 Å².